The average molecular weight is 342 g/mol. The zero-order valence-electron chi connectivity index (χ0n) is 13.6. The average Bonchev–Trinajstić information content (AvgIpc) is 2.96. The Balaban J connectivity index is 1.76. The lowest BCUT2D eigenvalue weighted by molar-refractivity contribution is -0.383. The molecule has 0 radical (unpaired) electrons. The fraction of sp³-hybridized carbons (Fsp3) is 0.294. The van der Waals surface area contributed by atoms with Crippen molar-refractivity contribution >= 4 is 33.6 Å². The highest BCUT2D eigenvalue weighted by atomic mass is 32.1. The van der Waals surface area contributed by atoms with Crippen molar-refractivity contribution in [2.24, 2.45) is 0 Å². The summed E-state index contributed by atoms with van der Waals surface area (Å²) in [5.74, 6) is 0. The molecule has 24 heavy (non-hydrogen) atoms. The van der Waals surface area contributed by atoms with E-state index in [1.807, 2.05) is 26.0 Å². The molecule has 0 spiro atoms. The monoisotopic (exact) mass is 342 g/mol. The minimum absolute atomic E-state index is 0.0394. The predicted molar refractivity (Wildman–Crippen MR) is 96.8 cm³/mol. The van der Waals surface area contributed by atoms with E-state index in [0.717, 1.165) is 46.9 Å². The molecule has 0 unspecified atom stereocenters. The van der Waals surface area contributed by atoms with E-state index in [-0.39, 0.29) is 10.6 Å². The molecule has 0 atom stereocenters. The molecule has 0 amide bonds. The van der Waals surface area contributed by atoms with Crippen LogP contribution in [0.25, 0.3) is 10.9 Å². The summed E-state index contributed by atoms with van der Waals surface area (Å²) in [4.78, 5) is 19.6. The van der Waals surface area contributed by atoms with E-state index in [9.17, 15) is 10.1 Å². The number of hydrogen-bond donors (Lipinski definition) is 1. The van der Waals surface area contributed by atoms with Gasteiger partial charge in [-0.3, -0.25) is 10.1 Å². The van der Waals surface area contributed by atoms with E-state index in [1.165, 1.54) is 6.07 Å². The number of pyridine rings is 1. The topological polar surface area (TPSA) is 81.0 Å². The molecule has 0 aliphatic carbocycles. The molecule has 0 saturated heterocycles. The van der Waals surface area contributed by atoms with Crippen molar-refractivity contribution in [2.45, 2.75) is 26.7 Å². The molecule has 6 nitrogen and oxygen atoms in total. The molecule has 2 aromatic heterocycles. The Morgan fingerprint density at radius 3 is 2.79 bits per heavy atom. The molecular weight excluding hydrogens is 324 g/mol. The molecule has 0 saturated carbocycles. The zero-order chi connectivity index (χ0) is 17.1. The molecule has 124 valence electrons. The van der Waals surface area contributed by atoms with Crippen LogP contribution in [0.5, 0.6) is 0 Å². The van der Waals surface area contributed by atoms with Crippen LogP contribution in [0.4, 0.5) is 11.4 Å². The molecule has 0 aliphatic heterocycles. The quantitative estimate of drug-likeness (QED) is 0.411. The van der Waals surface area contributed by atoms with Gasteiger partial charge in [0, 0.05) is 46.9 Å². The van der Waals surface area contributed by atoms with Gasteiger partial charge in [-0.05, 0) is 26.3 Å². The highest BCUT2D eigenvalue weighted by Crippen LogP contribution is 2.29. The first kappa shape index (κ1) is 16.3. The van der Waals surface area contributed by atoms with Crippen molar-refractivity contribution in [3.05, 3.63) is 56.2 Å². The van der Waals surface area contributed by atoms with Gasteiger partial charge in [-0.2, -0.15) is 0 Å². The molecule has 7 heteroatoms. The number of benzene rings is 1. The largest absolute Gasteiger partial charge is 0.384 e. The van der Waals surface area contributed by atoms with Crippen LogP contribution in [0.2, 0.25) is 0 Å². The van der Waals surface area contributed by atoms with Crippen LogP contribution >= 0.6 is 11.3 Å². The zero-order valence-corrected chi connectivity index (χ0v) is 14.4. The summed E-state index contributed by atoms with van der Waals surface area (Å²) in [6, 6.07) is 6.98. The number of nitrogens with one attached hydrogen (secondary N) is 1. The normalized spacial score (nSPS) is 10.9. The van der Waals surface area contributed by atoms with Crippen molar-refractivity contribution < 1.29 is 4.92 Å². The Labute approximate surface area is 143 Å². The molecule has 0 fully saturated rings. The second-order valence-electron chi connectivity index (χ2n) is 5.65. The van der Waals surface area contributed by atoms with E-state index < -0.39 is 0 Å². The maximum absolute atomic E-state index is 11.2. The van der Waals surface area contributed by atoms with Gasteiger partial charge in [0.2, 0.25) is 0 Å². The van der Waals surface area contributed by atoms with E-state index in [1.54, 1.807) is 17.4 Å². The number of aryl methyl sites for hydroxylation is 3. The van der Waals surface area contributed by atoms with Gasteiger partial charge in [-0.25, -0.2) is 9.97 Å². The van der Waals surface area contributed by atoms with Crippen molar-refractivity contribution in [3.8, 4) is 0 Å². The third-order valence-electron chi connectivity index (χ3n) is 3.69. The number of fused-ring (bicyclic) bond motifs is 1. The summed E-state index contributed by atoms with van der Waals surface area (Å²) in [6.45, 7) is 4.62. The number of thiazole rings is 1. The highest BCUT2D eigenvalue weighted by molar-refractivity contribution is 7.09. The van der Waals surface area contributed by atoms with E-state index in [0.29, 0.717) is 5.52 Å². The van der Waals surface area contributed by atoms with Crippen molar-refractivity contribution in [1.82, 2.24) is 9.97 Å². The first-order chi connectivity index (χ1) is 11.5. The van der Waals surface area contributed by atoms with Gasteiger partial charge in [-0.1, -0.05) is 12.1 Å². The molecule has 1 aromatic carbocycles. The van der Waals surface area contributed by atoms with Gasteiger partial charge in [0.05, 0.1) is 9.93 Å². The highest BCUT2D eigenvalue weighted by Gasteiger charge is 2.15. The lowest BCUT2D eigenvalue weighted by Gasteiger charge is -2.10. The Morgan fingerprint density at radius 2 is 2.08 bits per heavy atom. The molecular formula is C17H18N4O2S. The summed E-state index contributed by atoms with van der Waals surface area (Å²) in [6.07, 6.45) is 1.87. The number of nitro groups is 1. The molecule has 3 aromatic rings. The van der Waals surface area contributed by atoms with Crippen LogP contribution in [0.3, 0.4) is 0 Å². The van der Waals surface area contributed by atoms with Crippen LogP contribution in [0.1, 0.15) is 22.8 Å². The molecule has 1 N–H and O–H groups in total. The summed E-state index contributed by atoms with van der Waals surface area (Å²) in [7, 11) is 0. The van der Waals surface area contributed by atoms with Crippen molar-refractivity contribution in [3.63, 3.8) is 0 Å². The molecule has 0 aliphatic rings. The Bertz CT molecular complexity index is 891. The predicted octanol–water partition coefficient (Wildman–Crippen LogP) is 4.26. The number of rotatable bonds is 6. The van der Waals surface area contributed by atoms with Crippen molar-refractivity contribution in [2.75, 3.05) is 11.9 Å². The first-order valence-corrected chi connectivity index (χ1v) is 8.62. The molecule has 3 rings (SSSR count). The third-order valence-corrected chi connectivity index (χ3v) is 4.72. The Hall–Kier alpha value is -2.54. The van der Waals surface area contributed by atoms with Crippen LogP contribution in [0, 0.1) is 24.0 Å². The number of nitrogens with zero attached hydrogens (tertiary/aromatic N) is 3. The summed E-state index contributed by atoms with van der Waals surface area (Å²) >= 11 is 1.68. The molecule has 0 bridgehead atoms. The fourth-order valence-electron chi connectivity index (χ4n) is 2.64. The summed E-state index contributed by atoms with van der Waals surface area (Å²) in [5.41, 5.74) is 3.18. The van der Waals surface area contributed by atoms with Crippen LogP contribution in [-0.2, 0) is 6.42 Å². The number of aromatic nitrogens is 2. The second-order valence-corrected chi connectivity index (χ2v) is 6.60. The SMILES string of the molecule is Cc1csc(CCCNc2cc(C)nc3c([N+](=O)[O-])cccc23)n1. The summed E-state index contributed by atoms with van der Waals surface area (Å²) < 4.78 is 0. The number of anilines is 1. The standard InChI is InChI=1S/C17H18N4O2S/c1-11-9-14(18-8-4-7-16-19-12(2)10-24-16)13-5-3-6-15(21(22)23)17(13)20-11/h3,5-6,9-10H,4,7-8H2,1-2H3,(H,18,20). The van der Waals surface area contributed by atoms with Crippen LogP contribution in [0.15, 0.2) is 29.6 Å². The van der Waals surface area contributed by atoms with Gasteiger partial charge in [0.25, 0.3) is 5.69 Å². The van der Waals surface area contributed by atoms with Gasteiger partial charge >= 0.3 is 0 Å². The Kier molecular flexibility index (Phi) is 4.71. The van der Waals surface area contributed by atoms with E-state index in [4.69, 9.17) is 0 Å². The van der Waals surface area contributed by atoms with Crippen LogP contribution < -0.4 is 5.32 Å². The smallest absolute Gasteiger partial charge is 0.295 e. The van der Waals surface area contributed by atoms with Gasteiger partial charge < -0.3 is 5.32 Å². The minimum atomic E-state index is -0.386. The fourth-order valence-corrected chi connectivity index (χ4v) is 3.45. The number of non-ortho nitro benzene ring substituents is 1. The third kappa shape index (κ3) is 3.51. The lowest BCUT2D eigenvalue weighted by atomic mass is 10.1. The lowest BCUT2D eigenvalue weighted by Crippen LogP contribution is -2.05. The maximum atomic E-state index is 11.2. The Morgan fingerprint density at radius 1 is 1.25 bits per heavy atom. The van der Waals surface area contributed by atoms with Gasteiger partial charge in [-0.15, -0.1) is 11.3 Å². The number of para-hydroxylation sites is 1. The molecule has 2 heterocycles. The van der Waals surface area contributed by atoms with Crippen LogP contribution in [-0.4, -0.2) is 21.4 Å². The van der Waals surface area contributed by atoms with Gasteiger partial charge in [0.1, 0.15) is 0 Å². The maximum Gasteiger partial charge on any atom is 0.295 e. The number of nitro benzene ring substituents is 1. The van der Waals surface area contributed by atoms with Crippen molar-refractivity contribution in [1.29, 1.82) is 0 Å². The summed E-state index contributed by atoms with van der Waals surface area (Å²) in [5, 5.41) is 18.6. The second kappa shape index (κ2) is 6.92. The number of hydrogen-bond acceptors (Lipinski definition) is 6. The van der Waals surface area contributed by atoms with Gasteiger partial charge in [0.15, 0.2) is 5.52 Å². The minimum Gasteiger partial charge on any atom is -0.384 e. The van der Waals surface area contributed by atoms with E-state index in [2.05, 4.69) is 20.7 Å². The first-order valence-electron chi connectivity index (χ1n) is 7.74. The van der Waals surface area contributed by atoms with E-state index >= 15 is 0 Å².